The zero-order chi connectivity index (χ0) is 19.3. The van der Waals surface area contributed by atoms with E-state index >= 15 is 0 Å². The van der Waals surface area contributed by atoms with Crippen LogP contribution in [0, 0.1) is 0 Å². The Bertz CT molecular complexity index is 1080. The number of ether oxygens (including phenoxy) is 2. The summed E-state index contributed by atoms with van der Waals surface area (Å²) in [5.74, 6) is 0.294. The van der Waals surface area contributed by atoms with E-state index in [1.807, 2.05) is 42.6 Å². The lowest BCUT2D eigenvalue weighted by Gasteiger charge is -2.14. The number of pyridine rings is 1. The average molecular weight is 390 g/mol. The topological polar surface area (TPSA) is 61.3 Å². The molecule has 0 N–H and O–H groups in total. The van der Waals surface area contributed by atoms with Crippen LogP contribution in [0.2, 0.25) is 0 Å². The van der Waals surface area contributed by atoms with Crippen LogP contribution in [0.15, 0.2) is 71.7 Å². The molecule has 28 heavy (non-hydrogen) atoms. The number of para-hydroxylation sites is 1. The third kappa shape index (κ3) is 4.18. The fraction of sp³-hybridized carbons (Fsp3) is 0.136. The molecule has 4 rings (SSSR count). The zero-order valence-electron chi connectivity index (χ0n) is 15.2. The molecule has 0 spiro atoms. The molecule has 0 aliphatic heterocycles. The maximum atomic E-state index is 12.5. The van der Waals surface area contributed by atoms with Gasteiger partial charge in [0.25, 0.3) is 0 Å². The van der Waals surface area contributed by atoms with Gasteiger partial charge in [-0.15, -0.1) is 11.3 Å². The minimum absolute atomic E-state index is 0.383. The van der Waals surface area contributed by atoms with Gasteiger partial charge in [0.1, 0.15) is 18.5 Å². The first-order valence-electron chi connectivity index (χ1n) is 8.84. The summed E-state index contributed by atoms with van der Waals surface area (Å²) >= 11 is 1.53. The number of hydrogen-bond donors (Lipinski definition) is 0. The van der Waals surface area contributed by atoms with E-state index in [0.717, 1.165) is 22.2 Å². The van der Waals surface area contributed by atoms with Crippen LogP contribution < -0.4 is 4.74 Å². The highest BCUT2D eigenvalue weighted by molar-refractivity contribution is 7.07. The Kier molecular flexibility index (Phi) is 5.30. The van der Waals surface area contributed by atoms with Gasteiger partial charge in [-0.1, -0.05) is 18.2 Å². The number of aromatic nitrogens is 2. The van der Waals surface area contributed by atoms with Gasteiger partial charge in [0.15, 0.2) is 0 Å². The summed E-state index contributed by atoms with van der Waals surface area (Å²) in [4.78, 5) is 21.1. The van der Waals surface area contributed by atoms with Crippen molar-refractivity contribution in [3.05, 3.63) is 88.5 Å². The molecular weight excluding hydrogens is 372 g/mol. The highest BCUT2D eigenvalue weighted by Gasteiger charge is 2.15. The van der Waals surface area contributed by atoms with E-state index in [-0.39, 0.29) is 5.97 Å². The molecule has 6 heteroatoms. The summed E-state index contributed by atoms with van der Waals surface area (Å²) in [6.45, 7) is 2.24. The second-order valence-corrected chi connectivity index (χ2v) is 7.02. The van der Waals surface area contributed by atoms with E-state index in [0.29, 0.717) is 17.9 Å². The molecule has 0 aliphatic carbocycles. The molecule has 0 aliphatic rings. The van der Waals surface area contributed by atoms with Crippen molar-refractivity contribution in [2.45, 2.75) is 19.6 Å². The molecule has 0 fully saturated rings. The molecule has 2 aromatic heterocycles. The van der Waals surface area contributed by atoms with Crippen LogP contribution in [-0.2, 0) is 11.3 Å². The number of rotatable bonds is 6. The molecule has 0 saturated heterocycles. The predicted octanol–water partition coefficient (Wildman–Crippen LogP) is 5.19. The van der Waals surface area contributed by atoms with Gasteiger partial charge in [-0.25, -0.2) is 9.78 Å². The van der Waals surface area contributed by atoms with E-state index < -0.39 is 6.10 Å². The Hall–Kier alpha value is -3.25. The quantitative estimate of drug-likeness (QED) is 0.424. The first-order chi connectivity index (χ1) is 13.7. The Morgan fingerprint density at radius 3 is 2.71 bits per heavy atom. The lowest BCUT2D eigenvalue weighted by molar-refractivity contribution is 0.0337. The van der Waals surface area contributed by atoms with Crippen LogP contribution in [0.25, 0.3) is 10.9 Å². The number of nitrogens with zero attached hydrogens (tertiary/aromatic N) is 2. The number of carbonyl (C=O) groups is 1. The number of hydrogen-bond acceptors (Lipinski definition) is 6. The highest BCUT2D eigenvalue weighted by atomic mass is 32.1. The molecule has 0 radical (unpaired) electrons. The summed E-state index contributed by atoms with van der Waals surface area (Å²) in [6.07, 6.45) is 1.35. The van der Waals surface area contributed by atoms with Crippen molar-refractivity contribution >= 4 is 28.2 Å². The molecule has 2 aromatic carbocycles. The lowest BCUT2D eigenvalue weighted by atomic mass is 10.1. The minimum atomic E-state index is -0.398. The number of carbonyl (C=O) groups excluding carboxylic acids is 1. The summed E-state index contributed by atoms with van der Waals surface area (Å²) in [6, 6.07) is 16.8. The van der Waals surface area contributed by atoms with Gasteiger partial charge in [0, 0.05) is 22.5 Å². The van der Waals surface area contributed by atoms with E-state index in [4.69, 9.17) is 9.47 Å². The molecule has 0 bridgehead atoms. The summed E-state index contributed by atoms with van der Waals surface area (Å²) in [5.41, 5.74) is 4.89. The number of fused-ring (bicyclic) bond motifs is 1. The molecule has 2 heterocycles. The van der Waals surface area contributed by atoms with Gasteiger partial charge in [-0.3, -0.25) is 4.98 Å². The van der Waals surface area contributed by atoms with Crippen molar-refractivity contribution in [2.75, 3.05) is 0 Å². The number of esters is 1. The molecule has 4 aromatic rings. The molecule has 0 saturated carbocycles. The van der Waals surface area contributed by atoms with Gasteiger partial charge in [0.05, 0.1) is 22.3 Å². The Balaban J connectivity index is 1.39. The molecule has 5 nitrogen and oxygen atoms in total. The van der Waals surface area contributed by atoms with Crippen LogP contribution in [0.1, 0.15) is 34.6 Å². The van der Waals surface area contributed by atoms with Crippen molar-refractivity contribution in [1.82, 2.24) is 9.97 Å². The van der Waals surface area contributed by atoms with Crippen molar-refractivity contribution in [3.8, 4) is 5.75 Å². The first-order valence-corrected chi connectivity index (χ1v) is 9.79. The molecule has 1 unspecified atom stereocenters. The van der Waals surface area contributed by atoms with E-state index in [2.05, 4.69) is 9.97 Å². The fourth-order valence-electron chi connectivity index (χ4n) is 2.76. The van der Waals surface area contributed by atoms with Gasteiger partial charge < -0.3 is 9.47 Å². The minimum Gasteiger partial charge on any atom is -0.487 e. The SMILES string of the molecule is CC(OC(=O)c1ccc(OCc2cscn2)cc1)c1cnc2ccccc2c1. The molecule has 1 atom stereocenters. The summed E-state index contributed by atoms with van der Waals surface area (Å²) < 4.78 is 11.3. The average Bonchev–Trinajstić information content (AvgIpc) is 3.26. The van der Waals surface area contributed by atoms with E-state index in [1.165, 1.54) is 11.3 Å². The summed E-state index contributed by atoms with van der Waals surface area (Å²) in [7, 11) is 0. The maximum Gasteiger partial charge on any atom is 0.338 e. The van der Waals surface area contributed by atoms with E-state index in [1.54, 1.807) is 36.0 Å². The largest absolute Gasteiger partial charge is 0.487 e. The maximum absolute atomic E-state index is 12.5. The predicted molar refractivity (Wildman–Crippen MR) is 108 cm³/mol. The standard InChI is InChI=1S/C22H18N2O3S/c1-15(18-10-17-4-2-3-5-21(17)23-11-18)27-22(25)16-6-8-20(9-7-16)26-12-19-13-28-14-24-19/h2-11,13-15H,12H2,1H3. The third-order valence-electron chi connectivity index (χ3n) is 4.33. The van der Waals surface area contributed by atoms with Gasteiger partial charge in [0.2, 0.25) is 0 Å². The first kappa shape index (κ1) is 18.1. The Labute approximate surface area is 166 Å². The Morgan fingerprint density at radius 2 is 1.93 bits per heavy atom. The number of thiazole rings is 1. The van der Waals surface area contributed by atoms with Gasteiger partial charge in [-0.2, -0.15) is 0 Å². The van der Waals surface area contributed by atoms with Gasteiger partial charge >= 0.3 is 5.97 Å². The van der Waals surface area contributed by atoms with E-state index in [9.17, 15) is 4.79 Å². The molecule has 140 valence electrons. The van der Waals surface area contributed by atoms with Crippen molar-refractivity contribution in [1.29, 1.82) is 0 Å². The third-order valence-corrected chi connectivity index (χ3v) is 4.96. The van der Waals surface area contributed by atoms with Crippen molar-refractivity contribution < 1.29 is 14.3 Å². The monoisotopic (exact) mass is 390 g/mol. The number of benzene rings is 2. The lowest BCUT2D eigenvalue weighted by Crippen LogP contribution is -2.09. The van der Waals surface area contributed by atoms with Crippen LogP contribution in [0.3, 0.4) is 0 Å². The van der Waals surface area contributed by atoms with Crippen LogP contribution in [-0.4, -0.2) is 15.9 Å². The fourth-order valence-corrected chi connectivity index (χ4v) is 3.30. The molecule has 0 amide bonds. The normalized spacial score (nSPS) is 11.9. The van der Waals surface area contributed by atoms with Crippen LogP contribution in [0.4, 0.5) is 0 Å². The highest BCUT2D eigenvalue weighted by Crippen LogP contribution is 2.22. The molecular formula is C22H18N2O3S. The van der Waals surface area contributed by atoms with Crippen molar-refractivity contribution in [2.24, 2.45) is 0 Å². The Morgan fingerprint density at radius 1 is 1.11 bits per heavy atom. The van der Waals surface area contributed by atoms with Crippen LogP contribution in [0.5, 0.6) is 5.75 Å². The second-order valence-electron chi connectivity index (χ2n) is 6.30. The smallest absolute Gasteiger partial charge is 0.338 e. The summed E-state index contributed by atoms with van der Waals surface area (Å²) in [5, 5.41) is 2.96. The van der Waals surface area contributed by atoms with Gasteiger partial charge in [-0.05, 0) is 43.3 Å². The van der Waals surface area contributed by atoms with Crippen molar-refractivity contribution in [3.63, 3.8) is 0 Å². The zero-order valence-corrected chi connectivity index (χ0v) is 16.1. The second kappa shape index (κ2) is 8.19. The van der Waals surface area contributed by atoms with Crippen LogP contribution >= 0.6 is 11.3 Å².